The van der Waals surface area contributed by atoms with E-state index in [1.165, 1.54) is 16.7 Å². The summed E-state index contributed by atoms with van der Waals surface area (Å²) in [6, 6.07) is 5.58. The van der Waals surface area contributed by atoms with E-state index in [0.717, 1.165) is 5.69 Å². The highest BCUT2D eigenvalue weighted by Gasteiger charge is 2.31. The molecule has 1 N–H and O–H groups in total. The van der Waals surface area contributed by atoms with Gasteiger partial charge in [-0.05, 0) is 31.6 Å². The number of aromatic nitrogens is 1. The number of rotatable bonds is 5. The molecule has 0 spiro atoms. The van der Waals surface area contributed by atoms with Crippen LogP contribution in [0.2, 0.25) is 0 Å². The van der Waals surface area contributed by atoms with Crippen molar-refractivity contribution >= 4 is 46.3 Å². The summed E-state index contributed by atoms with van der Waals surface area (Å²) in [5.74, 6) is -1.06. The second kappa shape index (κ2) is 6.82. The van der Waals surface area contributed by atoms with Gasteiger partial charge in [-0.3, -0.25) is 19.5 Å². The van der Waals surface area contributed by atoms with E-state index in [1.807, 2.05) is 25.1 Å². The van der Waals surface area contributed by atoms with Crippen LogP contribution in [0.3, 0.4) is 0 Å². The molecule has 2 heterocycles. The zero-order chi connectivity index (χ0) is 15.4. The second-order valence-electron chi connectivity index (χ2n) is 4.53. The third-order valence-electron chi connectivity index (χ3n) is 2.83. The van der Waals surface area contributed by atoms with Crippen molar-refractivity contribution in [3.05, 3.63) is 34.5 Å². The first-order valence-corrected chi connectivity index (χ1v) is 7.60. The molecule has 1 saturated heterocycles. The van der Waals surface area contributed by atoms with Gasteiger partial charge in [-0.25, -0.2) is 0 Å². The average Bonchev–Trinajstić information content (AvgIpc) is 2.66. The Morgan fingerprint density at radius 3 is 2.95 bits per heavy atom. The number of aliphatic carboxylic acids is 1. The van der Waals surface area contributed by atoms with Crippen molar-refractivity contribution in [1.82, 2.24) is 9.88 Å². The highest BCUT2D eigenvalue weighted by molar-refractivity contribution is 8.26. The van der Waals surface area contributed by atoms with Gasteiger partial charge in [0.2, 0.25) is 0 Å². The minimum atomic E-state index is -0.875. The summed E-state index contributed by atoms with van der Waals surface area (Å²) in [5, 5.41) is 8.63. The molecule has 0 saturated carbocycles. The molecule has 0 unspecified atom stereocenters. The van der Waals surface area contributed by atoms with Crippen LogP contribution in [-0.4, -0.2) is 37.7 Å². The Balaban J connectivity index is 2.08. The molecule has 0 atom stereocenters. The van der Waals surface area contributed by atoms with Gasteiger partial charge in [0.1, 0.15) is 4.32 Å². The lowest BCUT2D eigenvalue weighted by Gasteiger charge is -2.13. The van der Waals surface area contributed by atoms with Gasteiger partial charge >= 0.3 is 5.97 Å². The van der Waals surface area contributed by atoms with Crippen LogP contribution in [0.15, 0.2) is 23.1 Å². The van der Waals surface area contributed by atoms with E-state index in [2.05, 4.69) is 4.98 Å². The van der Waals surface area contributed by atoms with Gasteiger partial charge in [-0.2, -0.15) is 0 Å². The maximum Gasteiger partial charge on any atom is 0.303 e. The van der Waals surface area contributed by atoms with Gasteiger partial charge in [-0.15, -0.1) is 0 Å². The summed E-state index contributed by atoms with van der Waals surface area (Å²) < 4.78 is 0.462. The van der Waals surface area contributed by atoms with Crippen molar-refractivity contribution in [2.75, 3.05) is 6.54 Å². The van der Waals surface area contributed by atoms with Gasteiger partial charge in [0.15, 0.2) is 0 Å². The molecule has 1 aromatic heterocycles. The molecule has 1 fully saturated rings. The maximum atomic E-state index is 12.3. The summed E-state index contributed by atoms with van der Waals surface area (Å²) in [7, 11) is 0. The van der Waals surface area contributed by atoms with Crippen molar-refractivity contribution in [2.45, 2.75) is 19.8 Å². The number of amides is 1. The Kier molecular flexibility index (Phi) is 5.08. The molecule has 1 amide bonds. The summed E-state index contributed by atoms with van der Waals surface area (Å²) >= 11 is 6.40. The Morgan fingerprint density at radius 1 is 1.52 bits per heavy atom. The largest absolute Gasteiger partial charge is 0.481 e. The molecular formula is C14H14N2O3S2. The predicted octanol–water partition coefficient (Wildman–Crippen LogP) is 2.46. The first-order chi connectivity index (χ1) is 9.97. The summed E-state index contributed by atoms with van der Waals surface area (Å²) in [6.07, 6.45) is 2.12. The van der Waals surface area contributed by atoms with Crippen LogP contribution < -0.4 is 0 Å². The zero-order valence-electron chi connectivity index (χ0n) is 11.4. The number of thiocarbonyl (C=S) groups is 1. The molecule has 1 aliphatic rings. The normalized spacial score (nSPS) is 16.8. The number of carboxylic acids is 1. The van der Waals surface area contributed by atoms with E-state index in [9.17, 15) is 9.59 Å². The molecule has 110 valence electrons. The predicted molar refractivity (Wildman–Crippen MR) is 85.7 cm³/mol. The fourth-order valence-electron chi connectivity index (χ4n) is 1.86. The van der Waals surface area contributed by atoms with E-state index >= 15 is 0 Å². The van der Waals surface area contributed by atoms with Crippen LogP contribution >= 0.6 is 24.0 Å². The Bertz CT molecular complexity index is 628. The lowest BCUT2D eigenvalue weighted by molar-refractivity contribution is -0.137. The molecule has 2 rings (SSSR count). The quantitative estimate of drug-likeness (QED) is 0.663. The molecule has 7 heteroatoms. The molecule has 5 nitrogen and oxygen atoms in total. The van der Waals surface area contributed by atoms with Crippen molar-refractivity contribution in [3.8, 4) is 0 Å². The number of hydrogen-bond acceptors (Lipinski definition) is 5. The van der Waals surface area contributed by atoms with Crippen LogP contribution in [0, 0.1) is 6.92 Å². The van der Waals surface area contributed by atoms with E-state index in [4.69, 9.17) is 17.3 Å². The molecule has 1 aromatic rings. The average molecular weight is 322 g/mol. The first kappa shape index (κ1) is 15.7. The molecule has 0 bridgehead atoms. The fourth-order valence-corrected chi connectivity index (χ4v) is 3.15. The van der Waals surface area contributed by atoms with Gasteiger partial charge < -0.3 is 5.11 Å². The Morgan fingerprint density at radius 2 is 2.29 bits per heavy atom. The number of thioether (sulfide) groups is 1. The highest BCUT2D eigenvalue weighted by atomic mass is 32.2. The number of nitrogens with zero attached hydrogens (tertiary/aromatic N) is 2. The van der Waals surface area contributed by atoms with Gasteiger partial charge in [0.25, 0.3) is 5.91 Å². The van der Waals surface area contributed by atoms with Crippen LogP contribution in [0.25, 0.3) is 6.08 Å². The summed E-state index contributed by atoms with van der Waals surface area (Å²) in [4.78, 5) is 29.1. The summed E-state index contributed by atoms with van der Waals surface area (Å²) in [6.45, 7) is 2.21. The molecular weight excluding hydrogens is 308 g/mol. The van der Waals surface area contributed by atoms with Crippen molar-refractivity contribution in [2.24, 2.45) is 0 Å². The molecule has 0 radical (unpaired) electrons. The number of carboxylic acid groups (broad SMARTS) is 1. The fraction of sp³-hybridized carbons (Fsp3) is 0.286. The van der Waals surface area contributed by atoms with Crippen LogP contribution in [-0.2, 0) is 9.59 Å². The van der Waals surface area contributed by atoms with Crippen LogP contribution in [0.5, 0.6) is 0 Å². The Hall–Kier alpha value is -1.73. The number of hydrogen-bond donors (Lipinski definition) is 1. The SMILES string of the molecule is Cc1cccc(/C=C2\SC(=S)N(CCCC(=O)O)C2=O)n1. The zero-order valence-corrected chi connectivity index (χ0v) is 13.0. The highest BCUT2D eigenvalue weighted by Crippen LogP contribution is 2.32. The van der Waals surface area contributed by atoms with E-state index < -0.39 is 5.97 Å². The Labute approximate surface area is 132 Å². The number of carbonyl (C=O) groups excluding carboxylic acids is 1. The van der Waals surface area contributed by atoms with E-state index in [-0.39, 0.29) is 12.3 Å². The van der Waals surface area contributed by atoms with E-state index in [0.29, 0.717) is 27.9 Å². The standard InChI is InChI=1S/C14H14N2O3S2/c1-9-4-2-5-10(15-9)8-11-13(19)16(14(20)21-11)7-3-6-12(17)18/h2,4-5,8H,3,6-7H2,1H3,(H,17,18)/b11-8-. The van der Waals surface area contributed by atoms with Gasteiger partial charge in [0, 0.05) is 18.7 Å². The second-order valence-corrected chi connectivity index (χ2v) is 6.21. The van der Waals surface area contributed by atoms with Crippen LogP contribution in [0.1, 0.15) is 24.2 Å². The lowest BCUT2D eigenvalue weighted by Crippen LogP contribution is -2.29. The lowest BCUT2D eigenvalue weighted by atomic mass is 10.2. The smallest absolute Gasteiger partial charge is 0.303 e. The third kappa shape index (κ3) is 4.12. The van der Waals surface area contributed by atoms with Gasteiger partial charge in [-0.1, -0.05) is 30.0 Å². The molecule has 21 heavy (non-hydrogen) atoms. The summed E-state index contributed by atoms with van der Waals surface area (Å²) in [5.41, 5.74) is 1.58. The van der Waals surface area contributed by atoms with E-state index in [1.54, 1.807) is 6.08 Å². The molecule has 0 aromatic carbocycles. The van der Waals surface area contributed by atoms with Gasteiger partial charge in [0.05, 0.1) is 10.6 Å². The monoisotopic (exact) mass is 322 g/mol. The third-order valence-corrected chi connectivity index (χ3v) is 4.21. The minimum Gasteiger partial charge on any atom is -0.481 e. The van der Waals surface area contributed by atoms with Crippen molar-refractivity contribution < 1.29 is 14.7 Å². The molecule has 1 aliphatic heterocycles. The minimum absolute atomic E-state index is 0.0234. The first-order valence-electron chi connectivity index (χ1n) is 6.38. The van der Waals surface area contributed by atoms with Crippen LogP contribution in [0.4, 0.5) is 0 Å². The maximum absolute atomic E-state index is 12.3. The number of carbonyl (C=O) groups is 2. The topological polar surface area (TPSA) is 70.5 Å². The molecule has 0 aliphatic carbocycles. The number of pyridine rings is 1. The number of aryl methyl sites for hydroxylation is 1. The van der Waals surface area contributed by atoms with Crippen molar-refractivity contribution in [1.29, 1.82) is 0 Å². The van der Waals surface area contributed by atoms with Crippen molar-refractivity contribution in [3.63, 3.8) is 0 Å².